The van der Waals surface area contributed by atoms with Crippen LogP contribution in [0.5, 0.6) is 0 Å². The maximum Gasteiger partial charge on any atom is 0.288 e. The number of hydrogen-bond acceptors (Lipinski definition) is 6. The van der Waals surface area contributed by atoms with Gasteiger partial charge in [-0.15, -0.1) is 0 Å². The fourth-order valence-electron chi connectivity index (χ4n) is 2.24. The molecule has 0 aliphatic carbocycles. The zero-order valence-electron chi connectivity index (χ0n) is 11.5. The van der Waals surface area contributed by atoms with Crippen LogP contribution in [0, 0.1) is 0 Å². The maximum atomic E-state index is 11.8. The first-order valence-corrected chi connectivity index (χ1v) is 6.45. The molecule has 0 unspecified atom stereocenters. The molecule has 8 nitrogen and oxygen atoms in total. The summed E-state index contributed by atoms with van der Waals surface area (Å²) in [5, 5.41) is 7.60. The van der Waals surface area contributed by atoms with Crippen molar-refractivity contribution in [3.8, 4) is 0 Å². The topological polar surface area (TPSA) is 85.2 Å². The van der Waals surface area contributed by atoms with Gasteiger partial charge in [0, 0.05) is 27.2 Å². The van der Waals surface area contributed by atoms with Gasteiger partial charge in [-0.1, -0.05) is 0 Å². The third kappa shape index (κ3) is 2.07. The van der Waals surface area contributed by atoms with Crippen LogP contribution in [0.1, 0.15) is 10.6 Å². The molecule has 106 valence electrons. The summed E-state index contributed by atoms with van der Waals surface area (Å²) in [7, 11) is 3.36. The molecule has 0 saturated carbocycles. The third-order valence-electron chi connectivity index (χ3n) is 3.31. The number of morpholine rings is 1. The van der Waals surface area contributed by atoms with Crippen LogP contribution < -0.4 is 10.2 Å². The van der Waals surface area contributed by atoms with Crippen molar-refractivity contribution in [1.29, 1.82) is 0 Å². The van der Waals surface area contributed by atoms with E-state index in [0.717, 1.165) is 24.3 Å². The van der Waals surface area contributed by atoms with Crippen molar-refractivity contribution in [1.82, 2.24) is 25.1 Å². The van der Waals surface area contributed by atoms with E-state index in [1.54, 1.807) is 25.0 Å². The summed E-state index contributed by atoms with van der Waals surface area (Å²) in [4.78, 5) is 22.6. The van der Waals surface area contributed by atoms with E-state index in [4.69, 9.17) is 4.74 Å². The molecule has 2 aromatic heterocycles. The first-order valence-electron chi connectivity index (χ1n) is 6.45. The van der Waals surface area contributed by atoms with Gasteiger partial charge < -0.3 is 15.0 Å². The van der Waals surface area contributed by atoms with Gasteiger partial charge >= 0.3 is 0 Å². The molecular formula is C12H16N6O2. The Labute approximate surface area is 115 Å². The molecular weight excluding hydrogens is 260 g/mol. The number of aromatic nitrogens is 4. The van der Waals surface area contributed by atoms with Crippen LogP contribution in [0.15, 0.2) is 6.20 Å². The number of aryl methyl sites for hydroxylation is 1. The van der Waals surface area contributed by atoms with E-state index in [1.165, 1.54) is 0 Å². The minimum absolute atomic E-state index is 0.157. The summed E-state index contributed by atoms with van der Waals surface area (Å²) in [6.07, 6.45) is 1.73. The molecule has 0 bridgehead atoms. The molecule has 1 N–H and O–H groups in total. The van der Waals surface area contributed by atoms with Gasteiger partial charge in [0.1, 0.15) is 5.82 Å². The van der Waals surface area contributed by atoms with E-state index in [0.29, 0.717) is 18.9 Å². The number of nitrogens with one attached hydrogen (secondary N) is 1. The fourth-order valence-corrected chi connectivity index (χ4v) is 2.24. The number of nitrogens with zero attached hydrogens (tertiary/aromatic N) is 5. The number of ether oxygens (including phenoxy) is 1. The van der Waals surface area contributed by atoms with Crippen LogP contribution in [0.4, 0.5) is 5.82 Å². The molecule has 1 amide bonds. The molecule has 1 aliphatic rings. The molecule has 8 heteroatoms. The molecule has 1 saturated heterocycles. The zero-order chi connectivity index (χ0) is 14.1. The van der Waals surface area contributed by atoms with Crippen molar-refractivity contribution in [3.05, 3.63) is 12.0 Å². The highest BCUT2D eigenvalue weighted by Gasteiger charge is 2.21. The number of amides is 1. The van der Waals surface area contributed by atoms with Crippen LogP contribution in [0.25, 0.3) is 11.0 Å². The summed E-state index contributed by atoms with van der Waals surface area (Å²) < 4.78 is 7.00. The Morgan fingerprint density at radius 1 is 1.35 bits per heavy atom. The van der Waals surface area contributed by atoms with Crippen LogP contribution in [0.2, 0.25) is 0 Å². The Balaban J connectivity index is 2.14. The first-order chi connectivity index (χ1) is 9.70. The molecule has 0 radical (unpaired) electrons. The largest absolute Gasteiger partial charge is 0.378 e. The van der Waals surface area contributed by atoms with Gasteiger partial charge in [0.25, 0.3) is 5.91 Å². The van der Waals surface area contributed by atoms with Crippen LogP contribution >= 0.6 is 0 Å². The van der Waals surface area contributed by atoms with Crippen molar-refractivity contribution in [2.24, 2.45) is 7.05 Å². The van der Waals surface area contributed by atoms with Crippen molar-refractivity contribution < 1.29 is 9.53 Å². The molecule has 20 heavy (non-hydrogen) atoms. The number of carbonyl (C=O) groups is 1. The quantitative estimate of drug-likeness (QED) is 0.800. The summed E-state index contributed by atoms with van der Waals surface area (Å²) in [6.45, 7) is 2.80. The highest BCUT2D eigenvalue weighted by molar-refractivity contribution is 5.95. The Bertz CT molecular complexity index is 647. The van der Waals surface area contributed by atoms with Gasteiger partial charge in [0.15, 0.2) is 5.65 Å². The molecule has 0 aromatic carbocycles. The molecule has 2 aromatic rings. The van der Waals surface area contributed by atoms with Crippen molar-refractivity contribution in [2.45, 2.75) is 0 Å². The predicted molar refractivity (Wildman–Crippen MR) is 72.7 cm³/mol. The highest BCUT2D eigenvalue weighted by Crippen LogP contribution is 2.24. The zero-order valence-corrected chi connectivity index (χ0v) is 11.5. The lowest BCUT2D eigenvalue weighted by Crippen LogP contribution is -2.37. The maximum absolute atomic E-state index is 11.8. The standard InChI is InChI=1S/C12H16N6O2/c1-13-12(19)9-15-10-8(7-14-17(10)2)11(16-9)18-3-5-20-6-4-18/h7H,3-6H2,1-2H3,(H,13,19). The SMILES string of the molecule is CNC(=O)c1nc(N2CCOCC2)c2cnn(C)c2n1. The highest BCUT2D eigenvalue weighted by atomic mass is 16.5. The minimum Gasteiger partial charge on any atom is -0.378 e. The molecule has 3 heterocycles. The van der Waals surface area contributed by atoms with E-state index in [1.807, 2.05) is 0 Å². The van der Waals surface area contributed by atoms with Crippen LogP contribution in [0.3, 0.4) is 0 Å². The van der Waals surface area contributed by atoms with Gasteiger partial charge in [-0.25, -0.2) is 9.97 Å². The number of anilines is 1. The number of rotatable bonds is 2. The first kappa shape index (κ1) is 12.8. The average Bonchev–Trinajstić information content (AvgIpc) is 2.88. The average molecular weight is 276 g/mol. The lowest BCUT2D eigenvalue weighted by molar-refractivity contribution is 0.0953. The van der Waals surface area contributed by atoms with Crippen molar-refractivity contribution >= 4 is 22.8 Å². The Kier molecular flexibility index (Phi) is 3.23. The second kappa shape index (κ2) is 5.04. The van der Waals surface area contributed by atoms with Crippen LogP contribution in [-0.4, -0.2) is 59.0 Å². The number of fused-ring (bicyclic) bond motifs is 1. The smallest absolute Gasteiger partial charge is 0.288 e. The van der Waals surface area contributed by atoms with Crippen molar-refractivity contribution in [3.63, 3.8) is 0 Å². The second-order valence-electron chi connectivity index (χ2n) is 4.55. The molecule has 0 atom stereocenters. The van der Waals surface area contributed by atoms with E-state index in [9.17, 15) is 4.79 Å². The van der Waals surface area contributed by atoms with Gasteiger partial charge in [-0.05, 0) is 0 Å². The summed E-state index contributed by atoms with van der Waals surface area (Å²) in [6, 6.07) is 0. The third-order valence-corrected chi connectivity index (χ3v) is 3.31. The van der Waals surface area contributed by atoms with Gasteiger partial charge in [0.2, 0.25) is 5.82 Å². The summed E-state index contributed by atoms with van der Waals surface area (Å²) in [5.74, 6) is 0.595. The Morgan fingerprint density at radius 3 is 2.80 bits per heavy atom. The lowest BCUT2D eigenvalue weighted by Gasteiger charge is -2.28. The predicted octanol–water partition coefficient (Wildman–Crippen LogP) is -0.440. The molecule has 1 aliphatic heterocycles. The monoisotopic (exact) mass is 276 g/mol. The summed E-state index contributed by atoms with van der Waals surface area (Å²) in [5.41, 5.74) is 0.653. The van der Waals surface area contributed by atoms with Gasteiger partial charge in [0.05, 0.1) is 24.8 Å². The molecule has 0 spiro atoms. The number of hydrogen-bond donors (Lipinski definition) is 1. The molecule has 3 rings (SSSR count). The lowest BCUT2D eigenvalue weighted by atomic mass is 10.3. The second-order valence-corrected chi connectivity index (χ2v) is 4.55. The van der Waals surface area contributed by atoms with Gasteiger partial charge in [-0.2, -0.15) is 5.10 Å². The Hall–Kier alpha value is -2.22. The van der Waals surface area contributed by atoms with E-state index >= 15 is 0 Å². The van der Waals surface area contributed by atoms with E-state index in [2.05, 4.69) is 25.3 Å². The molecule has 1 fully saturated rings. The van der Waals surface area contributed by atoms with Crippen molar-refractivity contribution in [2.75, 3.05) is 38.3 Å². The fraction of sp³-hybridized carbons (Fsp3) is 0.500. The normalized spacial score (nSPS) is 15.6. The summed E-state index contributed by atoms with van der Waals surface area (Å²) >= 11 is 0. The number of carbonyl (C=O) groups excluding carboxylic acids is 1. The van der Waals surface area contributed by atoms with E-state index < -0.39 is 0 Å². The van der Waals surface area contributed by atoms with E-state index in [-0.39, 0.29) is 11.7 Å². The minimum atomic E-state index is -0.303. The Morgan fingerprint density at radius 2 is 2.10 bits per heavy atom. The van der Waals surface area contributed by atoms with Gasteiger partial charge in [-0.3, -0.25) is 9.48 Å². The van der Waals surface area contributed by atoms with Crippen LogP contribution in [-0.2, 0) is 11.8 Å².